The Hall–Kier alpha value is -1.71. The van der Waals surface area contributed by atoms with Crippen LogP contribution < -0.4 is 10.1 Å². The van der Waals surface area contributed by atoms with Gasteiger partial charge >= 0.3 is 0 Å². The van der Waals surface area contributed by atoms with E-state index in [4.69, 9.17) is 4.74 Å². The molecule has 0 aliphatic heterocycles. The average Bonchev–Trinajstić information content (AvgIpc) is 3.02. The minimum absolute atomic E-state index is 0.0139. The lowest BCUT2D eigenvalue weighted by atomic mass is 10.2. The fraction of sp³-hybridized carbons (Fsp3) is 0.462. The van der Waals surface area contributed by atoms with Gasteiger partial charge in [0.1, 0.15) is 0 Å². The number of ether oxygens (including phenoxy) is 1. The van der Waals surface area contributed by atoms with Gasteiger partial charge in [-0.1, -0.05) is 6.92 Å². The molecule has 1 aliphatic rings. The first-order valence-corrected chi connectivity index (χ1v) is 5.77. The molecule has 1 amide bonds. The van der Waals surface area contributed by atoms with E-state index >= 15 is 0 Å². The number of phenols is 1. The Kier molecular flexibility index (Phi) is 3.22. The first kappa shape index (κ1) is 11.8. The number of amides is 1. The van der Waals surface area contributed by atoms with E-state index in [0.29, 0.717) is 23.8 Å². The highest BCUT2D eigenvalue weighted by molar-refractivity contribution is 5.94. The number of rotatable bonds is 4. The summed E-state index contributed by atoms with van der Waals surface area (Å²) in [4.78, 5) is 11.8. The molecule has 0 heterocycles. The van der Waals surface area contributed by atoms with Crippen molar-refractivity contribution in [3.8, 4) is 11.5 Å². The summed E-state index contributed by atoms with van der Waals surface area (Å²) in [6.07, 6.45) is 1.19. The molecule has 1 aromatic carbocycles. The van der Waals surface area contributed by atoms with Crippen LogP contribution in [0.3, 0.4) is 0 Å². The highest BCUT2D eigenvalue weighted by Crippen LogP contribution is 2.36. The molecule has 2 rings (SSSR count). The maximum atomic E-state index is 11.8. The van der Waals surface area contributed by atoms with Crippen LogP contribution in [0.5, 0.6) is 11.5 Å². The molecule has 0 bridgehead atoms. The second-order valence-corrected chi connectivity index (χ2v) is 4.57. The van der Waals surface area contributed by atoms with Crippen LogP contribution in [0.1, 0.15) is 23.7 Å². The summed E-state index contributed by atoms with van der Waals surface area (Å²) in [5, 5.41) is 12.4. The number of hydrogen-bond donors (Lipinski definition) is 2. The van der Waals surface area contributed by atoms with Crippen molar-refractivity contribution in [3.05, 3.63) is 23.8 Å². The molecule has 2 unspecified atom stereocenters. The van der Waals surface area contributed by atoms with E-state index in [9.17, 15) is 9.90 Å². The Morgan fingerprint density at radius 3 is 2.82 bits per heavy atom. The van der Waals surface area contributed by atoms with E-state index in [0.717, 1.165) is 5.92 Å². The van der Waals surface area contributed by atoms with Gasteiger partial charge in [0.15, 0.2) is 11.5 Å². The van der Waals surface area contributed by atoms with E-state index in [-0.39, 0.29) is 11.7 Å². The number of nitrogens with one attached hydrogen (secondary N) is 1. The average molecular weight is 235 g/mol. The number of phenolic OH excluding ortho intramolecular Hbond substituents is 1. The molecule has 1 aliphatic carbocycles. The largest absolute Gasteiger partial charge is 0.504 e. The monoisotopic (exact) mass is 235 g/mol. The van der Waals surface area contributed by atoms with Gasteiger partial charge < -0.3 is 15.2 Å². The van der Waals surface area contributed by atoms with Gasteiger partial charge in [0, 0.05) is 12.1 Å². The summed E-state index contributed by atoms with van der Waals surface area (Å²) >= 11 is 0. The quantitative estimate of drug-likeness (QED) is 0.836. The molecule has 4 heteroatoms. The molecule has 0 radical (unpaired) electrons. The lowest BCUT2D eigenvalue weighted by Crippen LogP contribution is -2.25. The van der Waals surface area contributed by atoms with Gasteiger partial charge in [0.25, 0.3) is 5.91 Å². The van der Waals surface area contributed by atoms with Crippen LogP contribution in [0.4, 0.5) is 0 Å². The number of carbonyl (C=O) groups is 1. The fourth-order valence-electron chi connectivity index (χ4n) is 1.84. The second-order valence-electron chi connectivity index (χ2n) is 4.57. The third-order valence-corrected chi connectivity index (χ3v) is 3.24. The van der Waals surface area contributed by atoms with Gasteiger partial charge in [-0.05, 0) is 36.5 Å². The van der Waals surface area contributed by atoms with Crippen LogP contribution in [0.15, 0.2) is 18.2 Å². The third kappa shape index (κ3) is 2.70. The molecule has 0 spiro atoms. The number of benzene rings is 1. The van der Waals surface area contributed by atoms with Crippen molar-refractivity contribution in [2.75, 3.05) is 13.7 Å². The van der Waals surface area contributed by atoms with Gasteiger partial charge in [0.05, 0.1) is 7.11 Å². The van der Waals surface area contributed by atoms with E-state index in [2.05, 4.69) is 12.2 Å². The lowest BCUT2D eigenvalue weighted by Gasteiger charge is -2.07. The van der Waals surface area contributed by atoms with E-state index < -0.39 is 0 Å². The van der Waals surface area contributed by atoms with Crippen LogP contribution in [-0.2, 0) is 0 Å². The van der Waals surface area contributed by atoms with Gasteiger partial charge in [-0.25, -0.2) is 0 Å². The van der Waals surface area contributed by atoms with Crippen molar-refractivity contribution in [3.63, 3.8) is 0 Å². The molecular formula is C13H17NO3. The highest BCUT2D eigenvalue weighted by atomic mass is 16.5. The normalized spacial score (nSPS) is 22.0. The van der Waals surface area contributed by atoms with Gasteiger partial charge in [0.2, 0.25) is 0 Å². The third-order valence-electron chi connectivity index (χ3n) is 3.24. The lowest BCUT2D eigenvalue weighted by molar-refractivity contribution is 0.0951. The van der Waals surface area contributed by atoms with Crippen molar-refractivity contribution in [1.29, 1.82) is 0 Å². The van der Waals surface area contributed by atoms with Crippen molar-refractivity contribution in [2.45, 2.75) is 13.3 Å². The molecule has 1 aromatic rings. The van der Waals surface area contributed by atoms with Crippen molar-refractivity contribution in [1.82, 2.24) is 5.32 Å². The molecule has 92 valence electrons. The minimum Gasteiger partial charge on any atom is -0.504 e. The summed E-state index contributed by atoms with van der Waals surface area (Å²) < 4.78 is 4.92. The maximum Gasteiger partial charge on any atom is 0.251 e. The zero-order valence-corrected chi connectivity index (χ0v) is 10.1. The zero-order chi connectivity index (χ0) is 12.4. The van der Waals surface area contributed by atoms with E-state index in [1.165, 1.54) is 19.6 Å². The Morgan fingerprint density at radius 2 is 2.29 bits per heavy atom. The summed E-state index contributed by atoms with van der Waals surface area (Å²) in [5.41, 5.74) is 0.455. The summed E-state index contributed by atoms with van der Waals surface area (Å²) in [6.45, 7) is 2.89. The second kappa shape index (κ2) is 4.65. The van der Waals surface area contributed by atoms with Gasteiger partial charge in [-0.2, -0.15) is 0 Å². The van der Waals surface area contributed by atoms with Crippen LogP contribution in [0, 0.1) is 11.8 Å². The fourth-order valence-corrected chi connectivity index (χ4v) is 1.84. The minimum atomic E-state index is -0.151. The number of methoxy groups -OCH3 is 1. The Morgan fingerprint density at radius 1 is 1.59 bits per heavy atom. The molecule has 2 atom stereocenters. The van der Waals surface area contributed by atoms with Crippen LogP contribution in [0.25, 0.3) is 0 Å². The van der Waals surface area contributed by atoms with Crippen LogP contribution >= 0.6 is 0 Å². The molecule has 1 saturated carbocycles. The maximum absolute atomic E-state index is 11.8. The summed E-state index contributed by atoms with van der Waals surface area (Å²) in [7, 11) is 1.48. The van der Waals surface area contributed by atoms with Gasteiger partial charge in [-0.15, -0.1) is 0 Å². The molecule has 17 heavy (non-hydrogen) atoms. The van der Waals surface area contributed by atoms with Crippen molar-refractivity contribution in [2.24, 2.45) is 11.8 Å². The number of hydrogen-bond acceptors (Lipinski definition) is 3. The van der Waals surface area contributed by atoms with Gasteiger partial charge in [-0.3, -0.25) is 4.79 Å². The molecular weight excluding hydrogens is 218 g/mol. The summed E-state index contributed by atoms with van der Waals surface area (Å²) in [5.74, 6) is 1.55. The first-order chi connectivity index (χ1) is 8.11. The van der Waals surface area contributed by atoms with E-state index in [1.54, 1.807) is 12.1 Å². The summed E-state index contributed by atoms with van der Waals surface area (Å²) in [6, 6.07) is 4.65. The molecule has 1 fully saturated rings. The Balaban J connectivity index is 1.96. The first-order valence-electron chi connectivity index (χ1n) is 5.77. The predicted octanol–water partition coefficient (Wildman–Crippen LogP) is 1.79. The Bertz CT molecular complexity index is 431. The van der Waals surface area contributed by atoms with Crippen molar-refractivity contribution >= 4 is 5.91 Å². The Labute approximate surface area is 101 Å². The zero-order valence-electron chi connectivity index (χ0n) is 10.1. The molecule has 2 N–H and O–H groups in total. The topological polar surface area (TPSA) is 58.6 Å². The highest BCUT2D eigenvalue weighted by Gasteiger charge is 2.32. The number of aromatic hydroxyl groups is 1. The molecule has 4 nitrogen and oxygen atoms in total. The SMILES string of the molecule is COc1ccc(C(=O)NCC2CC2C)cc1O. The molecule has 0 saturated heterocycles. The van der Waals surface area contributed by atoms with E-state index in [1.807, 2.05) is 0 Å². The predicted molar refractivity (Wildman–Crippen MR) is 64.3 cm³/mol. The van der Waals surface area contributed by atoms with Crippen LogP contribution in [0.2, 0.25) is 0 Å². The smallest absolute Gasteiger partial charge is 0.251 e. The molecule has 0 aromatic heterocycles. The van der Waals surface area contributed by atoms with Crippen molar-refractivity contribution < 1.29 is 14.6 Å². The standard InChI is InChI=1S/C13H17NO3/c1-8-5-10(8)7-14-13(16)9-3-4-12(17-2)11(15)6-9/h3-4,6,8,10,15H,5,7H2,1-2H3,(H,14,16). The number of carbonyl (C=O) groups excluding carboxylic acids is 1. The van der Waals surface area contributed by atoms with Crippen LogP contribution in [-0.4, -0.2) is 24.7 Å².